The quantitative estimate of drug-likeness (QED) is 0.174. The average molecular weight is 872 g/mol. The van der Waals surface area contributed by atoms with E-state index in [0.29, 0.717) is 28.2 Å². The zero-order valence-electron chi connectivity index (χ0n) is 53.3. The summed E-state index contributed by atoms with van der Waals surface area (Å²) in [6.07, 6.45) is 1.43. The van der Waals surface area contributed by atoms with Gasteiger partial charge in [-0.15, -0.1) is 0 Å². The van der Waals surface area contributed by atoms with Crippen LogP contribution in [0.1, 0.15) is 150 Å². The van der Waals surface area contributed by atoms with E-state index in [1.54, 1.807) is 6.07 Å². The number of rotatable bonds is 7. The van der Waals surface area contributed by atoms with Crippen LogP contribution in [0.25, 0.3) is 72.7 Å². The van der Waals surface area contributed by atoms with Gasteiger partial charge >= 0.3 is 0 Å². The molecule has 0 atom stereocenters. The van der Waals surface area contributed by atoms with E-state index in [4.69, 9.17) is 27.8 Å². The number of nitrogens with zero attached hydrogens (tertiary/aromatic N) is 3. The maximum Gasteiger partial charge on any atom is 0.149 e. The van der Waals surface area contributed by atoms with Gasteiger partial charge in [0.15, 0.2) is 0 Å². The molecule has 1 N–H and O–H groups in total. The summed E-state index contributed by atoms with van der Waals surface area (Å²) in [4.78, 5) is 10.3. The summed E-state index contributed by atoms with van der Waals surface area (Å²) in [6, 6.07) is 31.3. The third kappa shape index (κ3) is 9.06. The first-order valence-corrected chi connectivity index (χ1v) is 22.1. The van der Waals surface area contributed by atoms with Crippen molar-refractivity contribution in [3.63, 3.8) is 0 Å². The van der Waals surface area contributed by atoms with E-state index in [9.17, 15) is 6.48 Å². The number of aromatic nitrogens is 3. The van der Waals surface area contributed by atoms with Crippen LogP contribution in [0.3, 0.4) is 0 Å². The molecule has 0 bridgehead atoms. The smallest absolute Gasteiger partial charge is 0.149 e. The van der Waals surface area contributed by atoms with Gasteiger partial charge in [-0.05, 0) is 126 Å². The summed E-state index contributed by atoms with van der Waals surface area (Å²) in [5.74, 6) is -0.442. The lowest BCUT2D eigenvalue weighted by Gasteiger charge is -2.27. The Morgan fingerprint density at radius 3 is 1.89 bits per heavy atom. The van der Waals surface area contributed by atoms with Crippen molar-refractivity contribution in [2.45, 2.75) is 124 Å². The predicted octanol–water partition coefficient (Wildman–Crippen LogP) is 16.8. The molecule has 0 aliphatic heterocycles. The molecule has 0 aliphatic rings. The first-order valence-electron chi connectivity index (χ1n) is 29.1. The molecule has 2 heterocycles. The fourth-order valence-electron chi connectivity index (χ4n) is 8.29. The summed E-state index contributed by atoms with van der Waals surface area (Å²) < 4.78 is 122. The molecule has 0 fully saturated rings. The summed E-state index contributed by atoms with van der Waals surface area (Å²) in [5.41, 5.74) is 3.99. The summed E-state index contributed by atoms with van der Waals surface area (Å²) in [5, 5.41) is 12.5. The molecule has 65 heavy (non-hydrogen) atoms. The van der Waals surface area contributed by atoms with E-state index < -0.39 is 72.4 Å². The van der Waals surface area contributed by atoms with Gasteiger partial charge in [-0.2, -0.15) is 0 Å². The Labute approximate surface area is 408 Å². The van der Waals surface area contributed by atoms with Crippen molar-refractivity contribution >= 4 is 11.0 Å². The maximum atomic E-state index is 12.5. The molecular weight excluding hydrogens is 791 g/mol. The van der Waals surface area contributed by atoms with E-state index in [0.717, 1.165) is 55.7 Å². The number of aromatic hydroxyl groups is 1. The van der Waals surface area contributed by atoms with Gasteiger partial charge in [0.2, 0.25) is 0 Å². The Morgan fingerprint density at radius 1 is 0.569 bits per heavy atom. The lowest BCUT2D eigenvalue weighted by molar-refractivity contribution is 0.446. The van der Waals surface area contributed by atoms with Crippen LogP contribution in [0.4, 0.5) is 0 Å². The molecule has 332 valence electrons. The molecule has 6 aromatic carbocycles. The molecule has 4 heteroatoms. The Balaban J connectivity index is 1.40. The molecular formula is C61H67N3O. The van der Waals surface area contributed by atoms with Crippen molar-refractivity contribution < 1.29 is 24.3 Å². The van der Waals surface area contributed by atoms with Gasteiger partial charge in [0.25, 0.3) is 0 Å². The normalized spacial score (nSPS) is 16.5. The molecule has 0 unspecified atom stereocenters. The molecule has 4 nitrogen and oxygen atoms in total. The lowest BCUT2D eigenvalue weighted by Crippen LogP contribution is -2.17. The summed E-state index contributed by atoms with van der Waals surface area (Å²) in [6.45, 7) is 11.1. The number of phenols is 1. The molecule has 0 aliphatic carbocycles. The van der Waals surface area contributed by atoms with Gasteiger partial charge in [-0.1, -0.05) is 182 Å². The van der Waals surface area contributed by atoms with Crippen molar-refractivity contribution in [2.24, 2.45) is 0 Å². The van der Waals surface area contributed by atoms with Crippen LogP contribution >= 0.6 is 0 Å². The molecule has 0 spiro atoms. The van der Waals surface area contributed by atoms with Crippen LogP contribution in [0.15, 0.2) is 140 Å². The van der Waals surface area contributed by atoms with Crippen molar-refractivity contribution in [1.29, 1.82) is 0 Å². The number of benzene rings is 6. The van der Waals surface area contributed by atoms with Crippen molar-refractivity contribution in [1.82, 2.24) is 14.5 Å². The Morgan fingerprint density at radius 2 is 1.25 bits per heavy atom. The van der Waals surface area contributed by atoms with Crippen LogP contribution < -0.4 is 0 Å². The van der Waals surface area contributed by atoms with Crippen LogP contribution in [0.5, 0.6) is 5.75 Å². The zero-order valence-corrected chi connectivity index (χ0v) is 39.3. The minimum Gasteiger partial charge on any atom is -0.507 e. The number of hydrogen-bond donors (Lipinski definition) is 1. The topological polar surface area (TPSA) is 50.9 Å². The number of para-hydroxylation sites is 1. The van der Waals surface area contributed by atoms with Crippen molar-refractivity contribution in [3.8, 4) is 67.5 Å². The van der Waals surface area contributed by atoms with Gasteiger partial charge in [0.1, 0.15) is 11.6 Å². The Kier molecular flexibility index (Phi) is 7.88. The second-order valence-corrected chi connectivity index (χ2v) is 20.4. The number of pyridine rings is 1. The molecule has 0 saturated heterocycles. The Bertz CT molecular complexity index is 3610. The van der Waals surface area contributed by atoms with E-state index in [-0.39, 0.29) is 22.3 Å². The summed E-state index contributed by atoms with van der Waals surface area (Å²) >= 11 is 0. The number of hydrogen-bond acceptors (Lipinski definition) is 3. The number of imidazole rings is 1. The molecule has 0 amide bonds. The molecule has 8 aromatic rings. The highest BCUT2D eigenvalue weighted by Gasteiger charge is 2.29. The van der Waals surface area contributed by atoms with Gasteiger partial charge in [-0.25, -0.2) is 4.98 Å². The van der Waals surface area contributed by atoms with Gasteiger partial charge in [0, 0.05) is 42.3 Å². The van der Waals surface area contributed by atoms with Crippen molar-refractivity contribution in [2.75, 3.05) is 0 Å². The van der Waals surface area contributed by atoms with Crippen LogP contribution in [0, 0.1) is 0 Å². The fraction of sp³-hybridized carbons (Fsp3) is 0.311. The second-order valence-electron chi connectivity index (χ2n) is 20.4. The first kappa shape index (κ1) is 30.8. The first-order chi connectivity index (χ1) is 36.2. The van der Waals surface area contributed by atoms with E-state index in [1.165, 1.54) is 12.3 Å². The highest BCUT2D eigenvalue weighted by Crippen LogP contribution is 2.45. The van der Waals surface area contributed by atoms with Gasteiger partial charge in [0.05, 0.1) is 27.8 Å². The van der Waals surface area contributed by atoms with Crippen LogP contribution in [-0.2, 0) is 21.7 Å². The third-order valence-corrected chi connectivity index (χ3v) is 12.0. The monoisotopic (exact) mass is 872 g/mol. The fourth-order valence-corrected chi connectivity index (χ4v) is 8.29. The summed E-state index contributed by atoms with van der Waals surface area (Å²) in [7, 11) is 0. The standard InChI is InChI=1S/C61H67N3O/c1-38(2)50-37-47(27-28-48(50)40-19-16-15-17-20-40)64-54-22-18-21-49(55(54)63-57(64)51-35-46(60(9,10)11)36-52(56(51)65)61(12,13)14)42-31-43(33-45(32-42)59(6,7)8)53-34-41(29-30-62-53)39-23-25-44(26-24-39)58(3,4)5/h15-38,65H,1-14H3/i3D3,4D3,5D3,23D,24D,25D,26D,38D. The number of fused-ring (bicyclic) bond motifs is 1. The highest BCUT2D eigenvalue weighted by atomic mass is 16.3. The minimum absolute atomic E-state index is 0.103. The molecule has 0 radical (unpaired) electrons. The van der Waals surface area contributed by atoms with Crippen molar-refractivity contribution in [3.05, 3.63) is 167 Å². The maximum absolute atomic E-state index is 12.5. The molecule has 8 rings (SSSR count). The Hall–Kier alpha value is -6.26. The zero-order chi connectivity index (χ0) is 58.7. The molecule has 0 saturated carbocycles. The van der Waals surface area contributed by atoms with Gasteiger partial charge in [-0.3, -0.25) is 9.55 Å². The third-order valence-electron chi connectivity index (χ3n) is 12.0. The minimum atomic E-state index is -3.81. The second kappa shape index (κ2) is 16.6. The van der Waals surface area contributed by atoms with Gasteiger partial charge < -0.3 is 5.11 Å². The number of phenolic OH excluding ortho intramolecular Hbond substituents is 1. The largest absolute Gasteiger partial charge is 0.507 e. The SMILES string of the molecule is [2H]c1c([2H])c(C(C([2H])([2H])[2H])(C([2H])([2H])[2H])C([2H])([2H])[2H])c([2H])c([2H])c1-c1ccnc(-c2cc(-c3cccc4c3nc(-c3cc(C(C)(C)C)cc(C(C)(C)C)c3O)n4-c3ccc(-c4ccccc4)c(C([2H])(C)C)c3)cc(C(C)(C)C)c2)c1. The van der Waals surface area contributed by atoms with E-state index in [1.807, 2.05) is 98.8 Å². The van der Waals surface area contributed by atoms with E-state index >= 15 is 0 Å². The van der Waals surface area contributed by atoms with E-state index in [2.05, 4.69) is 79.0 Å². The predicted molar refractivity (Wildman–Crippen MR) is 277 cm³/mol. The highest BCUT2D eigenvalue weighted by molar-refractivity contribution is 5.97. The van der Waals surface area contributed by atoms with Crippen LogP contribution in [0.2, 0.25) is 0 Å². The lowest BCUT2D eigenvalue weighted by atomic mass is 9.79. The average Bonchev–Trinajstić information content (AvgIpc) is 3.59. The molecule has 2 aromatic heterocycles. The van der Waals surface area contributed by atoms with Crippen LogP contribution in [-0.4, -0.2) is 19.6 Å².